The summed E-state index contributed by atoms with van der Waals surface area (Å²) in [7, 11) is 6.91. The summed E-state index contributed by atoms with van der Waals surface area (Å²) in [6.07, 6.45) is -0.515. The molecule has 1 unspecified atom stereocenters. The number of amides is 1. The van der Waals surface area contributed by atoms with Gasteiger partial charge >= 0.3 is 0 Å². The van der Waals surface area contributed by atoms with E-state index in [0.29, 0.717) is 12.3 Å². The van der Waals surface area contributed by atoms with Crippen LogP contribution in [0.15, 0.2) is 18.2 Å². The number of nitrogens with zero attached hydrogens (tertiary/aromatic N) is 1. The first kappa shape index (κ1) is 15.3. The van der Waals surface area contributed by atoms with Crippen LogP contribution in [0.5, 0.6) is 11.5 Å². The first-order chi connectivity index (χ1) is 8.99. The third kappa shape index (κ3) is 4.13. The molecule has 0 heterocycles. The molecule has 0 aliphatic heterocycles. The van der Waals surface area contributed by atoms with Gasteiger partial charge in [-0.25, -0.2) is 0 Å². The Morgan fingerprint density at radius 1 is 1.42 bits per heavy atom. The van der Waals surface area contributed by atoms with Crippen LogP contribution in [0.2, 0.25) is 0 Å². The van der Waals surface area contributed by atoms with Crippen LogP contribution in [-0.4, -0.2) is 45.2 Å². The standard InChI is InChI=1S/C14H22N2O3/c1-10(14(17)16(3)4)19-13-7-6-12(18-5)8-11(13)9-15-2/h6-8,10,15H,9H2,1-5H3. The minimum absolute atomic E-state index is 0.0637. The second-order valence-electron chi connectivity index (χ2n) is 4.50. The van der Waals surface area contributed by atoms with Gasteiger partial charge < -0.3 is 19.7 Å². The van der Waals surface area contributed by atoms with Crippen LogP contribution in [-0.2, 0) is 11.3 Å². The molecular formula is C14H22N2O3. The van der Waals surface area contributed by atoms with Gasteiger partial charge in [-0.2, -0.15) is 0 Å². The van der Waals surface area contributed by atoms with Crippen LogP contribution in [0, 0.1) is 0 Å². The van der Waals surface area contributed by atoms with Gasteiger partial charge in [0.05, 0.1) is 7.11 Å². The van der Waals surface area contributed by atoms with Gasteiger partial charge in [-0.3, -0.25) is 4.79 Å². The van der Waals surface area contributed by atoms with Crippen molar-refractivity contribution in [3.05, 3.63) is 23.8 Å². The predicted molar refractivity (Wildman–Crippen MR) is 74.5 cm³/mol. The molecule has 0 radical (unpaired) electrons. The van der Waals surface area contributed by atoms with E-state index >= 15 is 0 Å². The van der Waals surface area contributed by atoms with Crippen LogP contribution in [0.25, 0.3) is 0 Å². The summed E-state index contributed by atoms with van der Waals surface area (Å²) in [4.78, 5) is 13.3. The van der Waals surface area contributed by atoms with E-state index < -0.39 is 6.10 Å². The van der Waals surface area contributed by atoms with E-state index in [9.17, 15) is 4.79 Å². The van der Waals surface area contributed by atoms with Gasteiger partial charge in [-0.15, -0.1) is 0 Å². The van der Waals surface area contributed by atoms with Gasteiger partial charge in [0.25, 0.3) is 5.91 Å². The van der Waals surface area contributed by atoms with Gasteiger partial charge in [-0.1, -0.05) is 0 Å². The molecule has 0 aliphatic carbocycles. The zero-order chi connectivity index (χ0) is 14.4. The van der Waals surface area contributed by atoms with Crippen LogP contribution in [0.1, 0.15) is 12.5 Å². The average molecular weight is 266 g/mol. The number of nitrogens with one attached hydrogen (secondary N) is 1. The summed E-state index contributed by atoms with van der Waals surface area (Å²) in [5, 5.41) is 3.07. The number of hydrogen-bond acceptors (Lipinski definition) is 4. The number of methoxy groups -OCH3 is 1. The van der Waals surface area contributed by atoms with Gasteiger partial charge in [0.1, 0.15) is 11.5 Å². The first-order valence-corrected chi connectivity index (χ1v) is 6.19. The van der Waals surface area contributed by atoms with Crippen molar-refractivity contribution in [2.45, 2.75) is 19.6 Å². The molecule has 1 atom stereocenters. The van der Waals surface area contributed by atoms with Crippen molar-refractivity contribution in [2.24, 2.45) is 0 Å². The fraction of sp³-hybridized carbons (Fsp3) is 0.500. The highest BCUT2D eigenvalue weighted by molar-refractivity contribution is 5.80. The fourth-order valence-electron chi connectivity index (χ4n) is 1.73. The van der Waals surface area contributed by atoms with E-state index in [1.165, 1.54) is 4.90 Å². The van der Waals surface area contributed by atoms with E-state index in [-0.39, 0.29) is 5.91 Å². The molecule has 0 aliphatic rings. The quantitative estimate of drug-likeness (QED) is 0.842. The van der Waals surface area contributed by atoms with Crippen molar-refractivity contribution in [2.75, 3.05) is 28.3 Å². The molecule has 0 aromatic heterocycles. The Bertz CT molecular complexity index is 433. The molecule has 106 valence electrons. The van der Waals surface area contributed by atoms with Crippen LogP contribution in [0.3, 0.4) is 0 Å². The number of likely N-dealkylation sites (N-methyl/N-ethyl adjacent to an activating group) is 1. The zero-order valence-electron chi connectivity index (χ0n) is 12.2. The topological polar surface area (TPSA) is 50.8 Å². The van der Waals surface area contributed by atoms with Crippen molar-refractivity contribution in [1.29, 1.82) is 0 Å². The van der Waals surface area contributed by atoms with Crippen LogP contribution < -0.4 is 14.8 Å². The maximum absolute atomic E-state index is 11.8. The normalized spacial score (nSPS) is 11.8. The molecule has 1 N–H and O–H groups in total. The van der Waals surface area contributed by atoms with Crippen molar-refractivity contribution < 1.29 is 14.3 Å². The monoisotopic (exact) mass is 266 g/mol. The third-order valence-electron chi connectivity index (χ3n) is 2.73. The molecule has 1 rings (SSSR count). The number of carbonyl (C=O) groups excluding carboxylic acids is 1. The largest absolute Gasteiger partial charge is 0.497 e. The van der Waals surface area contributed by atoms with Crippen molar-refractivity contribution in [3.63, 3.8) is 0 Å². The zero-order valence-corrected chi connectivity index (χ0v) is 12.2. The lowest BCUT2D eigenvalue weighted by atomic mass is 10.2. The number of carbonyl (C=O) groups is 1. The van der Waals surface area contributed by atoms with Crippen molar-refractivity contribution >= 4 is 5.91 Å². The maximum Gasteiger partial charge on any atom is 0.262 e. The van der Waals surface area contributed by atoms with Gasteiger partial charge in [0, 0.05) is 26.2 Å². The molecule has 0 bridgehead atoms. The Kier molecular flexibility index (Phi) is 5.63. The maximum atomic E-state index is 11.8. The van der Waals surface area contributed by atoms with E-state index in [1.807, 2.05) is 25.2 Å². The summed E-state index contributed by atoms with van der Waals surface area (Å²) in [5.41, 5.74) is 0.959. The molecule has 0 fully saturated rings. The smallest absolute Gasteiger partial charge is 0.262 e. The van der Waals surface area contributed by atoms with Crippen LogP contribution in [0.4, 0.5) is 0 Å². The highest BCUT2D eigenvalue weighted by atomic mass is 16.5. The number of rotatable bonds is 6. The lowest BCUT2D eigenvalue weighted by Crippen LogP contribution is -2.35. The minimum atomic E-state index is -0.515. The van der Waals surface area contributed by atoms with E-state index in [1.54, 1.807) is 28.1 Å². The Labute approximate surface area is 114 Å². The minimum Gasteiger partial charge on any atom is -0.497 e. The van der Waals surface area contributed by atoms with Crippen molar-refractivity contribution in [1.82, 2.24) is 10.2 Å². The summed E-state index contributed by atoms with van der Waals surface area (Å²) in [6, 6.07) is 5.55. The van der Waals surface area contributed by atoms with E-state index in [2.05, 4.69) is 5.32 Å². The molecule has 19 heavy (non-hydrogen) atoms. The SMILES string of the molecule is CNCc1cc(OC)ccc1OC(C)C(=O)N(C)C. The molecule has 5 heteroatoms. The molecule has 1 aromatic rings. The number of benzene rings is 1. The van der Waals surface area contributed by atoms with Gasteiger partial charge in [0.2, 0.25) is 0 Å². The molecular weight excluding hydrogens is 244 g/mol. The summed E-state index contributed by atoms with van der Waals surface area (Å²) in [6.45, 7) is 2.39. The van der Waals surface area contributed by atoms with E-state index in [0.717, 1.165) is 11.3 Å². The Balaban J connectivity index is 2.90. The summed E-state index contributed by atoms with van der Waals surface area (Å²) < 4.78 is 10.9. The predicted octanol–water partition coefficient (Wildman–Crippen LogP) is 1.27. The first-order valence-electron chi connectivity index (χ1n) is 6.19. The summed E-state index contributed by atoms with van der Waals surface area (Å²) >= 11 is 0. The third-order valence-corrected chi connectivity index (χ3v) is 2.73. The lowest BCUT2D eigenvalue weighted by Gasteiger charge is -2.20. The molecule has 5 nitrogen and oxygen atoms in total. The van der Waals surface area contributed by atoms with Crippen molar-refractivity contribution in [3.8, 4) is 11.5 Å². The highest BCUT2D eigenvalue weighted by Crippen LogP contribution is 2.25. The highest BCUT2D eigenvalue weighted by Gasteiger charge is 2.18. The average Bonchev–Trinajstić information content (AvgIpc) is 2.39. The van der Waals surface area contributed by atoms with E-state index in [4.69, 9.17) is 9.47 Å². The molecule has 0 saturated carbocycles. The van der Waals surface area contributed by atoms with Gasteiger partial charge in [0.15, 0.2) is 6.10 Å². The summed E-state index contributed by atoms with van der Waals surface area (Å²) in [5.74, 6) is 1.40. The second-order valence-corrected chi connectivity index (χ2v) is 4.50. The lowest BCUT2D eigenvalue weighted by molar-refractivity contribution is -0.135. The number of hydrogen-bond donors (Lipinski definition) is 1. The molecule has 0 saturated heterocycles. The molecule has 1 amide bonds. The van der Waals surface area contributed by atoms with Crippen LogP contribution >= 0.6 is 0 Å². The van der Waals surface area contributed by atoms with Gasteiger partial charge in [-0.05, 0) is 32.2 Å². The fourth-order valence-corrected chi connectivity index (χ4v) is 1.73. The molecule has 0 spiro atoms. The Hall–Kier alpha value is -1.75. The molecule has 1 aromatic carbocycles. The number of ether oxygens (including phenoxy) is 2. The Morgan fingerprint density at radius 3 is 2.63 bits per heavy atom. The Morgan fingerprint density at radius 2 is 2.11 bits per heavy atom. The second kappa shape index (κ2) is 6.99.